The van der Waals surface area contributed by atoms with Crippen LogP contribution in [-0.4, -0.2) is 32.1 Å². The molecule has 0 spiro atoms. The van der Waals surface area contributed by atoms with Crippen molar-refractivity contribution in [3.05, 3.63) is 29.3 Å². The van der Waals surface area contributed by atoms with E-state index in [9.17, 15) is 13.2 Å². The lowest BCUT2D eigenvalue weighted by Gasteiger charge is -2.22. The summed E-state index contributed by atoms with van der Waals surface area (Å²) < 4.78 is 43.3. The molecule has 6 heteroatoms. The van der Waals surface area contributed by atoms with Crippen LogP contribution in [0.4, 0.5) is 13.2 Å². The van der Waals surface area contributed by atoms with Gasteiger partial charge >= 0.3 is 6.18 Å². The van der Waals surface area contributed by atoms with E-state index in [4.69, 9.17) is 10.5 Å². The smallest absolute Gasteiger partial charge is 0.416 e. The highest BCUT2D eigenvalue weighted by Gasteiger charge is 2.35. The average Bonchev–Trinajstić information content (AvgIpc) is 2.78. The van der Waals surface area contributed by atoms with E-state index in [0.717, 1.165) is 30.7 Å². The molecule has 1 aromatic carbocycles. The van der Waals surface area contributed by atoms with Crippen molar-refractivity contribution in [2.45, 2.75) is 18.6 Å². The largest absolute Gasteiger partial charge is 0.496 e. The Morgan fingerprint density at radius 3 is 2.60 bits per heavy atom. The van der Waals surface area contributed by atoms with E-state index in [1.165, 1.54) is 13.2 Å². The number of ether oxygens (including phenoxy) is 1. The Hall–Kier alpha value is -1.27. The lowest BCUT2D eigenvalue weighted by molar-refractivity contribution is -0.137. The molecule has 2 rings (SSSR count). The lowest BCUT2D eigenvalue weighted by atomic mass is 9.98. The summed E-state index contributed by atoms with van der Waals surface area (Å²) in [4.78, 5) is 2.11. The van der Waals surface area contributed by atoms with E-state index in [-0.39, 0.29) is 11.8 Å². The van der Waals surface area contributed by atoms with Gasteiger partial charge in [0, 0.05) is 18.2 Å². The fourth-order valence-electron chi connectivity index (χ4n) is 2.80. The predicted octanol–water partition coefficient (Wildman–Crippen LogP) is 2.67. The van der Waals surface area contributed by atoms with E-state index in [1.807, 2.05) is 7.05 Å². The van der Waals surface area contributed by atoms with Gasteiger partial charge in [0.25, 0.3) is 0 Å². The van der Waals surface area contributed by atoms with Crippen molar-refractivity contribution in [2.24, 2.45) is 11.7 Å². The maximum absolute atomic E-state index is 12.7. The molecule has 0 saturated carbocycles. The minimum absolute atomic E-state index is 0.0563. The van der Waals surface area contributed by atoms with Crippen molar-refractivity contribution < 1.29 is 17.9 Å². The second-order valence-electron chi connectivity index (χ2n) is 5.25. The van der Waals surface area contributed by atoms with Crippen LogP contribution in [0.25, 0.3) is 0 Å². The molecule has 0 amide bonds. The van der Waals surface area contributed by atoms with Crippen molar-refractivity contribution >= 4 is 0 Å². The Morgan fingerprint density at radius 1 is 1.40 bits per heavy atom. The minimum atomic E-state index is -4.35. The average molecular weight is 288 g/mol. The second-order valence-corrected chi connectivity index (χ2v) is 5.25. The van der Waals surface area contributed by atoms with Crippen molar-refractivity contribution in [2.75, 3.05) is 27.2 Å². The molecule has 1 aliphatic heterocycles. The van der Waals surface area contributed by atoms with Crippen LogP contribution in [0, 0.1) is 5.92 Å². The van der Waals surface area contributed by atoms with Gasteiger partial charge in [-0.15, -0.1) is 0 Å². The molecule has 2 unspecified atom stereocenters. The Labute approximate surface area is 116 Å². The molecule has 1 saturated heterocycles. The quantitative estimate of drug-likeness (QED) is 0.929. The summed E-state index contributed by atoms with van der Waals surface area (Å²) in [5.74, 6) is 0.659. The van der Waals surface area contributed by atoms with Gasteiger partial charge in [0.15, 0.2) is 0 Å². The summed E-state index contributed by atoms with van der Waals surface area (Å²) in [5, 5.41) is 0. The highest BCUT2D eigenvalue weighted by molar-refractivity contribution is 5.41. The Bertz CT molecular complexity index is 476. The zero-order valence-corrected chi connectivity index (χ0v) is 11.6. The third-order valence-electron chi connectivity index (χ3n) is 3.89. The van der Waals surface area contributed by atoms with Crippen molar-refractivity contribution in [1.82, 2.24) is 4.90 Å². The van der Waals surface area contributed by atoms with E-state index in [2.05, 4.69) is 4.90 Å². The second kappa shape index (κ2) is 5.61. The van der Waals surface area contributed by atoms with Crippen molar-refractivity contribution in [1.29, 1.82) is 0 Å². The van der Waals surface area contributed by atoms with Crippen molar-refractivity contribution in [3.8, 4) is 5.75 Å². The van der Waals surface area contributed by atoms with Gasteiger partial charge < -0.3 is 10.5 Å². The molecule has 0 aliphatic carbocycles. The van der Waals surface area contributed by atoms with Crippen LogP contribution in [0.3, 0.4) is 0 Å². The molecule has 0 radical (unpaired) electrons. The highest BCUT2D eigenvalue weighted by atomic mass is 19.4. The Kier molecular flexibility index (Phi) is 4.25. The van der Waals surface area contributed by atoms with Gasteiger partial charge in [0.05, 0.1) is 12.7 Å². The number of nitrogens with two attached hydrogens (primary N) is 1. The van der Waals surface area contributed by atoms with Crippen LogP contribution < -0.4 is 10.5 Å². The van der Waals surface area contributed by atoms with Crippen LogP contribution in [0.1, 0.15) is 23.6 Å². The third-order valence-corrected chi connectivity index (χ3v) is 3.89. The lowest BCUT2D eigenvalue weighted by Crippen LogP contribution is -2.21. The number of likely N-dealkylation sites (tertiary alicyclic amines) is 1. The summed E-state index contributed by atoms with van der Waals surface area (Å²) >= 11 is 0. The number of rotatable bonds is 3. The molecule has 2 atom stereocenters. The molecular weight excluding hydrogens is 269 g/mol. The van der Waals surface area contributed by atoms with Crippen LogP contribution in [0.15, 0.2) is 18.2 Å². The molecule has 3 nitrogen and oxygen atoms in total. The normalized spacial score (nSPS) is 24.1. The fourth-order valence-corrected chi connectivity index (χ4v) is 2.80. The standard InChI is InChI=1S/C14H19F3N2O/c1-19-8-9(7-18)5-12(19)11-4-3-10(14(15,16)17)6-13(11)20-2/h3-4,6,9,12H,5,7-8,18H2,1-2H3. The van der Waals surface area contributed by atoms with Crippen LogP contribution in [0.5, 0.6) is 5.75 Å². The molecule has 2 N–H and O–H groups in total. The summed E-state index contributed by atoms with van der Waals surface area (Å²) in [6, 6.07) is 3.75. The van der Waals surface area contributed by atoms with E-state index >= 15 is 0 Å². The first-order chi connectivity index (χ1) is 9.36. The van der Waals surface area contributed by atoms with Gasteiger partial charge in [0.1, 0.15) is 5.75 Å². The van der Waals surface area contributed by atoms with Crippen molar-refractivity contribution in [3.63, 3.8) is 0 Å². The van der Waals surface area contributed by atoms with Gasteiger partial charge in [-0.3, -0.25) is 4.90 Å². The van der Waals surface area contributed by atoms with Gasteiger partial charge in [-0.25, -0.2) is 0 Å². The minimum Gasteiger partial charge on any atom is -0.496 e. The summed E-state index contributed by atoms with van der Waals surface area (Å²) in [6.07, 6.45) is -3.51. The third kappa shape index (κ3) is 2.91. The predicted molar refractivity (Wildman–Crippen MR) is 70.5 cm³/mol. The van der Waals surface area contributed by atoms with Crippen LogP contribution in [-0.2, 0) is 6.18 Å². The molecule has 112 valence electrons. The van der Waals surface area contributed by atoms with E-state index in [0.29, 0.717) is 12.5 Å². The molecular formula is C14H19F3N2O. The molecule has 1 fully saturated rings. The monoisotopic (exact) mass is 288 g/mol. The number of methoxy groups -OCH3 is 1. The molecule has 1 aliphatic rings. The Morgan fingerprint density at radius 2 is 2.10 bits per heavy atom. The summed E-state index contributed by atoms with van der Waals surface area (Å²) in [5.41, 5.74) is 5.79. The van der Waals surface area contributed by atoms with Gasteiger partial charge in [-0.2, -0.15) is 13.2 Å². The zero-order chi connectivity index (χ0) is 14.9. The number of benzene rings is 1. The van der Waals surface area contributed by atoms with E-state index in [1.54, 1.807) is 0 Å². The number of hydrogen-bond acceptors (Lipinski definition) is 3. The zero-order valence-electron chi connectivity index (χ0n) is 11.6. The molecule has 0 bridgehead atoms. The number of halogens is 3. The molecule has 1 heterocycles. The highest BCUT2D eigenvalue weighted by Crippen LogP contribution is 2.40. The SMILES string of the molecule is COc1cc(C(F)(F)F)ccc1C1CC(CN)CN1C. The maximum Gasteiger partial charge on any atom is 0.416 e. The summed E-state index contributed by atoms with van der Waals surface area (Å²) in [7, 11) is 3.35. The van der Waals surface area contributed by atoms with Gasteiger partial charge in [-0.1, -0.05) is 6.07 Å². The number of hydrogen-bond donors (Lipinski definition) is 1. The topological polar surface area (TPSA) is 38.5 Å². The first-order valence-corrected chi connectivity index (χ1v) is 6.52. The van der Waals surface area contributed by atoms with Gasteiger partial charge in [0.2, 0.25) is 0 Å². The van der Waals surface area contributed by atoms with E-state index < -0.39 is 11.7 Å². The maximum atomic E-state index is 12.7. The number of alkyl halides is 3. The first-order valence-electron chi connectivity index (χ1n) is 6.52. The van der Waals surface area contributed by atoms with Crippen LogP contribution >= 0.6 is 0 Å². The fraction of sp³-hybridized carbons (Fsp3) is 0.571. The molecule has 1 aromatic rings. The molecule has 20 heavy (non-hydrogen) atoms. The Balaban J connectivity index is 2.33. The first kappa shape index (κ1) is 15.1. The molecule has 0 aromatic heterocycles. The summed E-state index contributed by atoms with van der Waals surface area (Å²) in [6.45, 7) is 1.44. The van der Waals surface area contributed by atoms with Crippen LogP contribution in [0.2, 0.25) is 0 Å². The van der Waals surface area contributed by atoms with Gasteiger partial charge in [-0.05, 0) is 38.1 Å². The number of nitrogens with zero attached hydrogens (tertiary/aromatic N) is 1.